The molecule has 0 aliphatic carbocycles. The molecule has 0 unspecified atom stereocenters. The minimum atomic E-state index is -3.72. The van der Waals surface area contributed by atoms with Gasteiger partial charge in [0, 0.05) is 0 Å². The van der Waals surface area contributed by atoms with Gasteiger partial charge in [0.15, 0.2) is 0 Å². The number of sulfonamides is 1. The van der Waals surface area contributed by atoms with Crippen molar-refractivity contribution >= 4 is 27.6 Å². The number of rotatable bonds is 5. The van der Waals surface area contributed by atoms with Crippen LogP contribution < -0.4 is 10.0 Å². The first-order chi connectivity index (χ1) is 8.36. The third kappa shape index (κ3) is 3.54. The SMILES string of the molecule is CNS(=O)(=O)c1ccccc1NC(=O)CC(=O)O. The third-order valence-corrected chi connectivity index (χ3v) is 3.50. The normalized spacial score (nSPS) is 10.9. The van der Waals surface area contributed by atoms with Crippen molar-refractivity contribution < 1.29 is 23.1 Å². The van der Waals surface area contributed by atoms with E-state index in [4.69, 9.17) is 5.11 Å². The number of anilines is 1. The van der Waals surface area contributed by atoms with Crippen LogP contribution in [0.3, 0.4) is 0 Å². The molecule has 1 aromatic carbocycles. The van der Waals surface area contributed by atoms with Gasteiger partial charge >= 0.3 is 5.97 Å². The molecule has 8 heteroatoms. The van der Waals surface area contributed by atoms with Crippen molar-refractivity contribution in [2.45, 2.75) is 11.3 Å². The topological polar surface area (TPSA) is 113 Å². The van der Waals surface area contributed by atoms with Gasteiger partial charge in [0.2, 0.25) is 15.9 Å². The van der Waals surface area contributed by atoms with Crippen LogP contribution in [0.4, 0.5) is 5.69 Å². The molecule has 7 nitrogen and oxygen atoms in total. The van der Waals surface area contributed by atoms with Crippen LogP contribution in [0.5, 0.6) is 0 Å². The van der Waals surface area contributed by atoms with Crippen LogP contribution in [0, 0.1) is 0 Å². The van der Waals surface area contributed by atoms with Crippen LogP contribution in [0.1, 0.15) is 6.42 Å². The van der Waals surface area contributed by atoms with Gasteiger partial charge in [-0.15, -0.1) is 0 Å². The molecule has 0 heterocycles. The highest BCUT2D eigenvalue weighted by Gasteiger charge is 2.18. The van der Waals surface area contributed by atoms with E-state index in [0.717, 1.165) is 0 Å². The van der Waals surface area contributed by atoms with E-state index in [1.165, 1.54) is 31.3 Å². The number of amides is 1. The number of aliphatic carboxylic acids is 1. The zero-order valence-corrected chi connectivity index (χ0v) is 10.3. The van der Waals surface area contributed by atoms with Gasteiger partial charge in [-0.05, 0) is 19.2 Å². The van der Waals surface area contributed by atoms with Crippen LogP contribution in [0.2, 0.25) is 0 Å². The molecule has 0 aliphatic heterocycles. The molecule has 0 fully saturated rings. The first-order valence-electron chi connectivity index (χ1n) is 4.91. The van der Waals surface area contributed by atoms with E-state index in [0.29, 0.717) is 0 Å². The Balaban J connectivity index is 3.04. The molecule has 18 heavy (non-hydrogen) atoms. The van der Waals surface area contributed by atoms with Crippen molar-refractivity contribution in [1.82, 2.24) is 4.72 Å². The zero-order valence-electron chi connectivity index (χ0n) is 9.50. The second-order valence-corrected chi connectivity index (χ2v) is 5.18. The Morgan fingerprint density at radius 3 is 2.44 bits per heavy atom. The number of carboxylic acid groups (broad SMARTS) is 1. The van der Waals surface area contributed by atoms with Gasteiger partial charge < -0.3 is 10.4 Å². The number of hydrogen-bond donors (Lipinski definition) is 3. The molecular formula is C10H12N2O5S. The molecule has 0 saturated carbocycles. The number of carboxylic acids is 1. The Labute approximate surface area is 104 Å². The average Bonchev–Trinajstić information content (AvgIpc) is 2.28. The van der Waals surface area contributed by atoms with Gasteiger partial charge in [0.05, 0.1) is 5.69 Å². The summed E-state index contributed by atoms with van der Waals surface area (Å²) in [5.74, 6) is -2.08. The van der Waals surface area contributed by atoms with E-state index in [1.807, 2.05) is 0 Å². The number of carbonyl (C=O) groups is 2. The van der Waals surface area contributed by atoms with Crippen LogP contribution >= 0.6 is 0 Å². The maximum atomic E-state index is 11.6. The number of hydrogen-bond acceptors (Lipinski definition) is 4. The summed E-state index contributed by atoms with van der Waals surface area (Å²) in [6, 6.07) is 5.72. The number of benzene rings is 1. The van der Waals surface area contributed by atoms with Crippen molar-refractivity contribution in [3.05, 3.63) is 24.3 Å². The molecule has 0 aromatic heterocycles. The van der Waals surface area contributed by atoms with E-state index in [1.54, 1.807) is 0 Å². The van der Waals surface area contributed by atoms with Crippen molar-refractivity contribution in [2.24, 2.45) is 0 Å². The monoisotopic (exact) mass is 272 g/mol. The van der Waals surface area contributed by atoms with Crippen molar-refractivity contribution in [2.75, 3.05) is 12.4 Å². The van der Waals surface area contributed by atoms with Gasteiger partial charge in [0.1, 0.15) is 11.3 Å². The fraction of sp³-hybridized carbons (Fsp3) is 0.200. The van der Waals surface area contributed by atoms with Crippen LogP contribution in [0.25, 0.3) is 0 Å². The van der Waals surface area contributed by atoms with E-state index >= 15 is 0 Å². The van der Waals surface area contributed by atoms with Crippen LogP contribution in [-0.2, 0) is 19.6 Å². The highest BCUT2D eigenvalue weighted by atomic mass is 32.2. The highest BCUT2D eigenvalue weighted by molar-refractivity contribution is 7.89. The molecule has 0 spiro atoms. The molecule has 98 valence electrons. The molecule has 1 aromatic rings. The lowest BCUT2D eigenvalue weighted by atomic mass is 10.3. The summed E-state index contributed by atoms with van der Waals surface area (Å²) in [4.78, 5) is 21.5. The Hall–Kier alpha value is -1.93. The van der Waals surface area contributed by atoms with Crippen molar-refractivity contribution in [3.8, 4) is 0 Å². The Morgan fingerprint density at radius 1 is 1.28 bits per heavy atom. The maximum Gasteiger partial charge on any atom is 0.312 e. The standard InChI is InChI=1S/C10H12N2O5S/c1-11-18(16,17)8-5-3-2-4-7(8)12-9(13)6-10(14)15/h2-5,11H,6H2,1H3,(H,12,13)(H,14,15). The summed E-state index contributed by atoms with van der Waals surface area (Å²) in [6.45, 7) is 0. The summed E-state index contributed by atoms with van der Waals surface area (Å²) in [7, 11) is -2.47. The summed E-state index contributed by atoms with van der Waals surface area (Å²) in [5, 5.41) is 10.7. The lowest BCUT2D eigenvalue weighted by Crippen LogP contribution is -2.22. The van der Waals surface area contributed by atoms with E-state index in [-0.39, 0.29) is 10.6 Å². The second-order valence-electron chi connectivity index (χ2n) is 3.32. The Morgan fingerprint density at radius 2 is 1.89 bits per heavy atom. The third-order valence-electron chi connectivity index (χ3n) is 2.03. The van der Waals surface area contributed by atoms with Gasteiger partial charge in [0.25, 0.3) is 0 Å². The number of nitrogens with one attached hydrogen (secondary N) is 2. The highest BCUT2D eigenvalue weighted by Crippen LogP contribution is 2.20. The first kappa shape index (κ1) is 14.1. The number of carbonyl (C=O) groups excluding carboxylic acids is 1. The van der Waals surface area contributed by atoms with Crippen molar-refractivity contribution in [1.29, 1.82) is 0 Å². The Bertz CT molecular complexity index is 567. The fourth-order valence-electron chi connectivity index (χ4n) is 1.25. The van der Waals surface area contributed by atoms with Gasteiger partial charge in [-0.1, -0.05) is 12.1 Å². The predicted molar refractivity (Wildman–Crippen MR) is 63.6 cm³/mol. The van der Waals surface area contributed by atoms with Gasteiger partial charge in [-0.3, -0.25) is 9.59 Å². The zero-order chi connectivity index (χ0) is 13.8. The van der Waals surface area contributed by atoms with Crippen LogP contribution in [0.15, 0.2) is 29.2 Å². The minimum Gasteiger partial charge on any atom is -0.481 e. The summed E-state index contributed by atoms with van der Waals surface area (Å²) < 4.78 is 25.4. The molecule has 0 bridgehead atoms. The maximum absolute atomic E-state index is 11.6. The Kier molecular flexibility index (Phi) is 4.40. The molecule has 0 atom stereocenters. The average molecular weight is 272 g/mol. The lowest BCUT2D eigenvalue weighted by molar-refractivity contribution is -0.139. The van der Waals surface area contributed by atoms with Crippen LogP contribution in [-0.4, -0.2) is 32.4 Å². The quantitative estimate of drug-likeness (QED) is 0.653. The predicted octanol–water partition coefficient (Wildman–Crippen LogP) is 0.00790. The van der Waals surface area contributed by atoms with Crippen molar-refractivity contribution in [3.63, 3.8) is 0 Å². The van der Waals surface area contributed by atoms with E-state index in [9.17, 15) is 18.0 Å². The largest absolute Gasteiger partial charge is 0.481 e. The molecule has 1 amide bonds. The summed E-state index contributed by atoms with van der Waals surface area (Å²) >= 11 is 0. The molecule has 1 rings (SSSR count). The minimum absolute atomic E-state index is 0.0399. The summed E-state index contributed by atoms with van der Waals surface area (Å²) in [6.07, 6.45) is -0.728. The molecule has 0 saturated heterocycles. The van der Waals surface area contributed by atoms with E-state index < -0.39 is 28.3 Å². The summed E-state index contributed by atoms with van der Waals surface area (Å²) in [5.41, 5.74) is 0.0399. The molecule has 3 N–H and O–H groups in total. The number of para-hydroxylation sites is 1. The first-order valence-corrected chi connectivity index (χ1v) is 6.39. The van der Waals surface area contributed by atoms with Gasteiger partial charge in [-0.25, -0.2) is 13.1 Å². The van der Waals surface area contributed by atoms with E-state index in [2.05, 4.69) is 10.0 Å². The molecule has 0 aliphatic rings. The smallest absolute Gasteiger partial charge is 0.312 e. The fourth-order valence-corrected chi connectivity index (χ4v) is 2.13. The van der Waals surface area contributed by atoms with Gasteiger partial charge in [-0.2, -0.15) is 0 Å². The second kappa shape index (κ2) is 5.61. The lowest BCUT2D eigenvalue weighted by Gasteiger charge is -2.10. The molecular weight excluding hydrogens is 260 g/mol. The molecule has 0 radical (unpaired) electrons.